The van der Waals surface area contributed by atoms with Crippen molar-refractivity contribution in [2.75, 3.05) is 6.61 Å². The van der Waals surface area contributed by atoms with E-state index in [4.69, 9.17) is 9.47 Å². The van der Waals surface area contributed by atoms with E-state index < -0.39 is 11.8 Å². The van der Waals surface area contributed by atoms with Crippen LogP contribution in [0.3, 0.4) is 0 Å². The topological polar surface area (TPSA) is 52.6 Å². The average molecular weight is 310 g/mol. The van der Waals surface area contributed by atoms with Gasteiger partial charge >= 0.3 is 11.9 Å². The van der Waals surface area contributed by atoms with Crippen LogP contribution in [0.25, 0.3) is 0 Å². The SMILES string of the molecule is CCCCCCCOC(=O)C1CC=CCC1C(=O)OC(C)C. The Labute approximate surface area is 134 Å². The fourth-order valence-corrected chi connectivity index (χ4v) is 2.64. The lowest BCUT2D eigenvalue weighted by molar-refractivity contribution is -0.163. The molecule has 0 aromatic carbocycles. The van der Waals surface area contributed by atoms with Crippen molar-refractivity contribution < 1.29 is 19.1 Å². The molecule has 0 spiro atoms. The summed E-state index contributed by atoms with van der Waals surface area (Å²) in [5, 5.41) is 0. The minimum Gasteiger partial charge on any atom is -0.465 e. The van der Waals surface area contributed by atoms with Crippen LogP contribution in [-0.2, 0) is 19.1 Å². The van der Waals surface area contributed by atoms with Crippen LogP contribution in [-0.4, -0.2) is 24.6 Å². The summed E-state index contributed by atoms with van der Waals surface area (Å²) in [5.74, 6) is -1.35. The molecule has 0 saturated heterocycles. The Kier molecular flexibility index (Phi) is 8.86. The highest BCUT2D eigenvalue weighted by atomic mass is 16.5. The fourth-order valence-electron chi connectivity index (χ4n) is 2.64. The Bertz CT molecular complexity index is 373. The molecule has 0 bridgehead atoms. The molecule has 0 saturated carbocycles. The number of rotatable bonds is 9. The van der Waals surface area contributed by atoms with Crippen LogP contribution in [0.5, 0.6) is 0 Å². The van der Waals surface area contributed by atoms with Crippen LogP contribution in [0.4, 0.5) is 0 Å². The van der Waals surface area contributed by atoms with Gasteiger partial charge in [-0.05, 0) is 33.1 Å². The Hall–Kier alpha value is -1.32. The summed E-state index contributed by atoms with van der Waals surface area (Å²) in [4.78, 5) is 24.3. The lowest BCUT2D eigenvalue weighted by Gasteiger charge is -2.26. The normalized spacial score (nSPS) is 20.9. The van der Waals surface area contributed by atoms with Crippen LogP contribution in [0.1, 0.15) is 65.7 Å². The fraction of sp³-hybridized carbons (Fsp3) is 0.778. The summed E-state index contributed by atoms with van der Waals surface area (Å²) in [6.07, 6.45) is 10.5. The van der Waals surface area contributed by atoms with Crippen molar-refractivity contribution in [1.82, 2.24) is 0 Å². The van der Waals surface area contributed by atoms with Gasteiger partial charge < -0.3 is 9.47 Å². The Morgan fingerprint density at radius 3 is 2.18 bits per heavy atom. The molecular formula is C18H30O4. The summed E-state index contributed by atoms with van der Waals surface area (Å²) in [6.45, 7) is 6.27. The van der Waals surface area contributed by atoms with E-state index in [-0.39, 0.29) is 18.0 Å². The maximum atomic E-state index is 12.2. The smallest absolute Gasteiger partial charge is 0.310 e. The quantitative estimate of drug-likeness (QED) is 0.366. The second-order valence-corrected chi connectivity index (χ2v) is 6.22. The third kappa shape index (κ3) is 6.63. The summed E-state index contributed by atoms with van der Waals surface area (Å²) in [6, 6.07) is 0. The molecule has 0 aliphatic heterocycles. The summed E-state index contributed by atoms with van der Waals surface area (Å²) >= 11 is 0. The largest absolute Gasteiger partial charge is 0.465 e. The zero-order valence-electron chi connectivity index (χ0n) is 14.2. The molecule has 0 aromatic rings. The molecule has 0 heterocycles. The zero-order valence-corrected chi connectivity index (χ0v) is 14.2. The molecule has 0 radical (unpaired) electrons. The number of unbranched alkanes of at least 4 members (excludes halogenated alkanes) is 4. The van der Waals surface area contributed by atoms with E-state index in [2.05, 4.69) is 6.92 Å². The van der Waals surface area contributed by atoms with Crippen molar-refractivity contribution in [1.29, 1.82) is 0 Å². The van der Waals surface area contributed by atoms with Crippen molar-refractivity contribution >= 4 is 11.9 Å². The Balaban J connectivity index is 2.40. The number of ether oxygens (including phenoxy) is 2. The maximum absolute atomic E-state index is 12.2. The molecule has 2 atom stereocenters. The molecule has 0 N–H and O–H groups in total. The highest BCUT2D eigenvalue weighted by molar-refractivity contribution is 5.82. The molecule has 126 valence electrons. The van der Waals surface area contributed by atoms with Crippen LogP contribution in [0.2, 0.25) is 0 Å². The van der Waals surface area contributed by atoms with Gasteiger partial charge in [-0.2, -0.15) is 0 Å². The molecular weight excluding hydrogens is 280 g/mol. The first-order valence-electron chi connectivity index (χ1n) is 8.58. The van der Waals surface area contributed by atoms with E-state index in [0.717, 1.165) is 12.8 Å². The number of hydrogen-bond donors (Lipinski definition) is 0. The first-order valence-corrected chi connectivity index (χ1v) is 8.58. The summed E-state index contributed by atoms with van der Waals surface area (Å²) in [7, 11) is 0. The molecule has 0 amide bonds. The van der Waals surface area contributed by atoms with E-state index >= 15 is 0 Å². The lowest BCUT2D eigenvalue weighted by atomic mass is 9.83. The average Bonchev–Trinajstić information content (AvgIpc) is 2.50. The third-order valence-electron chi connectivity index (χ3n) is 3.88. The monoisotopic (exact) mass is 310 g/mol. The maximum Gasteiger partial charge on any atom is 0.310 e. The molecule has 1 aliphatic carbocycles. The van der Waals surface area contributed by atoms with Crippen LogP contribution in [0, 0.1) is 11.8 Å². The Morgan fingerprint density at radius 2 is 1.59 bits per heavy atom. The van der Waals surface area contributed by atoms with Crippen LogP contribution in [0.15, 0.2) is 12.2 Å². The van der Waals surface area contributed by atoms with Gasteiger partial charge in [0.25, 0.3) is 0 Å². The van der Waals surface area contributed by atoms with Gasteiger partial charge in [0.2, 0.25) is 0 Å². The molecule has 2 unspecified atom stereocenters. The third-order valence-corrected chi connectivity index (χ3v) is 3.88. The minimum atomic E-state index is -0.403. The zero-order chi connectivity index (χ0) is 16.4. The molecule has 22 heavy (non-hydrogen) atoms. The number of carbonyl (C=O) groups is 2. The van der Waals surface area contributed by atoms with Crippen LogP contribution < -0.4 is 0 Å². The van der Waals surface area contributed by atoms with Gasteiger partial charge in [0.05, 0.1) is 24.5 Å². The molecule has 0 fully saturated rings. The van der Waals surface area contributed by atoms with Gasteiger partial charge in [-0.3, -0.25) is 9.59 Å². The lowest BCUT2D eigenvalue weighted by Crippen LogP contribution is -2.34. The van der Waals surface area contributed by atoms with E-state index in [1.165, 1.54) is 19.3 Å². The first kappa shape index (κ1) is 18.7. The van der Waals surface area contributed by atoms with E-state index in [1.807, 2.05) is 26.0 Å². The second kappa shape index (κ2) is 10.4. The van der Waals surface area contributed by atoms with E-state index in [9.17, 15) is 9.59 Å². The van der Waals surface area contributed by atoms with Gasteiger partial charge in [-0.1, -0.05) is 44.8 Å². The summed E-state index contributed by atoms with van der Waals surface area (Å²) in [5.41, 5.74) is 0. The number of hydrogen-bond acceptors (Lipinski definition) is 4. The molecule has 1 rings (SSSR count). The molecule has 4 heteroatoms. The van der Waals surface area contributed by atoms with Crippen molar-refractivity contribution in [3.63, 3.8) is 0 Å². The predicted molar refractivity (Wildman–Crippen MR) is 86.3 cm³/mol. The highest BCUT2D eigenvalue weighted by Crippen LogP contribution is 2.28. The number of allylic oxidation sites excluding steroid dienone is 2. The van der Waals surface area contributed by atoms with Crippen molar-refractivity contribution in [2.24, 2.45) is 11.8 Å². The molecule has 4 nitrogen and oxygen atoms in total. The van der Waals surface area contributed by atoms with Crippen LogP contribution >= 0.6 is 0 Å². The van der Waals surface area contributed by atoms with E-state index in [1.54, 1.807) is 0 Å². The van der Waals surface area contributed by atoms with Gasteiger partial charge in [-0.15, -0.1) is 0 Å². The van der Waals surface area contributed by atoms with Gasteiger partial charge in [0.1, 0.15) is 0 Å². The van der Waals surface area contributed by atoms with Crippen molar-refractivity contribution in [3.8, 4) is 0 Å². The minimum absolute atomic E-state index is 0.159. The predicted octanol–water partition coefficient (Wildman–Crippen LogP) is 4.03. The molecule has 1 aliphatic rings. The van der Waals surface area contributed by atoms with Gasteiger partial charge in [0, 0.05) is 0 Å². The first-order chi connectivity index (χ1) is 10.6. The number of esters is 2. The van der Waals surface area contributed by atoms with E-state index in [0.29, 0.717) is 19.4 Å². The van der Waals surface area contributed by atoms with Gasteiger partial charge in [0.15, 0.2) is 0 Å². The van der Waals surface area contributed by atoms with Crippen molar-refractivity contribution in [2.45, 2.75) is 71.8 Å². The Morgan fingerprint density at radius 1 is 1.00 bits per heavy atom. The standard InChI is InChI=1S/C18H30O4/c1-4-5-6-7-10-13-21-17(19)15-11-8-9-12-16(15)18(20)22-14(2)3/h8-9,14-16H,4-7,10-13H2,1-3H3. The number of carbonyl (C=O) groups excluding carboxylic acids is 2. The van der Waals surface area contributed by atoms with Gasteiger partial charge in [-0.25, -0.2) is 0 Å². The second-order valence-electron chi connectivity index (χ2n) is 6.22. The van der Waals surface area contributed by atoms with Crippen molar-refractivity contribution in [3.05, 3.63) is 12.2 Å². The molecule has 0 aromatic heterocycles. The summed E-state index contributed by atoms with van der Waals surface area (Å²) < 4.78 is 10.6. The highest BCUT2D eigenvalue weighted by Gasteiger charge is 2.36.